The van der Waals surface area contributed by atoms with Gasteiger partial charge in [0.1, 0.15) is 0 Å². The molecule has 2 aromatic heterocycles. The summed E-state index contributed by atoms with van der Waals surface area (Å²) in [5.41, 5.74) is 3.01. The minimum absolute atomic E-state index is 0.0562. The van der Waals surface area contributed by atoms with Gasteiger partial charge in [0.25, 0.3) is 0 Å². The lowest BCUT2D eigenvalue weighted by Gasteiger charge is -2.34. The van der Waals surface area contributed by atoms with E-state index in [9.17, 15) is 4.79 Å². The molecule has 0 saturated carbocycles. The average Bonchev–Trinajstić information content (AvgIpc) is 3.18. The van der Waals surface area contributed by atoms with Crippen molar-refractivity contribution in [2.45, 2.75) is 39.7 Å². The van der Waals surface area contributed by atoms with Gasteiger partial charge in [-0.25, -0.2) is 0 Å². The van der Waals surface area contributed by atoms with E-state index in [1.807, 2.05) is 43.8 Å². The molecule has 1 aliphatic rings. The molecule has 1 aliphatic heterocycles. The molecule has 0 unspecified atom stereocenters. The predicted octanol–water partition coefficient (Wildman–Crippen LogP) is 2.70. The van der Waals surface area contributed by atoms with Crippen molar-refractivity contribution in [3.63, 3.8) is 0 Å². The molecule has 3 heterocycles. The second kappa shape index (κ2) is 8.54. The van der Waals surface area contributed by atoms with E-state index in [1.54, 1.807) is 0 Å². The van der Waals surface area contributed by atoms with Gasteiger partial charge in [0.2, 0.25) is 5.91 Å². The predicted molar refractivity (Wildman–Crippen MR) is 108 cm³/mol. The summed E-state index contributed by atoms with van der Waals surface area (Å²) in [4.78, 5) is 17.9. The van der Waals surface area contributed by atoms with Crippen LogP contribution in [0.1, 0.15) is 45.6 Å². The summed E-state index contributed by atoms with van der Waals surface area (Å²) in [6, 6.07) is 4.53. The van der Waals surface area contributed by atoms with Crippen molar-refractivity contribution in [3.8, 4) is 0 Å². The molecular formula is C20H30N4O2S. The van der Waals surface area contributed by atoms with Crippen LogP contribution in [0.4, 0.5) is 0 Å². The Morgan fingerprint density at radius 1 is 1.30 bits per heavy atom. The largest absolute Gasteiger partial charge is 0.379 e. The monoisotopic (exact) mass is 390 g/mol. The number of morpholine rings is 1. The Morgan fingerprint density at radius 3 is 2.56 bits per heavy atom. The minimum atomic E-state index is -0.214. The lowest BCUT2D eigenvalue weighted by atomic mass is 9.98. The van der Waals surface area contributed by atoms with E-state index in [2.05, 4.69) is 34.4 Å². The van der Waals surface area contributed by atoms with Crippen LogP contribution in [0.2, 0.25) is 0 Å². The Labute approximate surface area is 165 Å². The summed E-state index contributed by atoms with van der Waals surface area (Å²) in [6.45, 7) is 12.0. The summed E-state index contributed by atoms with van der Waals surface area (Å²) in [7, 11) is 1.92. The normalized spacial score (nSPS) is 17.7. The van der Waals surface area contributed by atoms with Gasteiger partial charge in [-0.05, 0) is 39.8 Å². The molecule has 1 fully saturated rings. The Kier molecular flexibility index (Phi) is 6.34. The second-order valence-electron chi connectivity index (χ2n) is 7.29. The van der Waals surface area contributed by atoms with Crippen LogP contribution in [0.5, 0.6) is 0 Å². The van der Waals surface area contributed by atoms with E-state index in [0.29, 0.717) is 6.54 Å². The third kappa shape index (κ3) is 4.42. The van der Waals surface area contributed by atoms with Gasteiger partial charge in [-0.3, -0.25) is 14.4 Å². The number of carbonyl (C=O) groups is 1. The van der Waals surface area contributed by atoms with E-state index < -0.39 is 0 Å². The molecule has 3 rings (SSSR count). The Balaban J connectivity index is 1.71. The molecule has 148 valence electrons. The second-order valence-corrected chi connectivity index (χ2v) is 8.61. The SMILES string of the molecule is Cc1ccc([C@H](CNC(=O)[C@H](C)c2c(C)nn(C)c2C)N2CCOCC2)s1. The Hall–Kier alpha value is -1.70. The number of rotatable bonds is 6. The molecule has 27 heavy (non-hydrogen) atoms. The van der Waals surface area contributed by atoms with Crippen molar-refractivity contribution in [2.24, 2.45) is 7.05 Å². The smallest absolute Gasteiger partial charge is 0.227 e. The molecule has 0 aromatic carbocycles. The fourth-order valence-corrected chi connectivity index (χ4v) is 4.84. The van der Waals surface area contributed by atoms with Crippen LogP contribution in [0.25, 0.3) is 0 Å². The summed E-state index contributed by atoms with van der Waals surface area (Å²) in [5, 5.41) is 7.65. The maximum absolute atomic E-state index is 12.9. The fourth-order valence-electron chi connectivity index (χ4n) is 3.83. The lowest BCUT2D eigenvalue weighted by molar-refractivity contribution is -0.122. The first-order valence-corrected chi connectivity index (χ1v) is 10.4. The number of aryl methyl sites for hydroxylation is 3. The van der Waals surface area contributed by atoms with Crippen LogP contribution < -0.4 is 5.32 Å². The zero-order valence-corrected chi connectivity index (χ0v) is 17.7. The van der Waals surface area contributed by atoms with Crippen molar-refractivity contribution in [2.75, 3.05) is 32.8 Å². The van der Waals surface area contributed by atoms with Crippen molar-refractivity contribution in [1.29, 1.82) is 0 Å². The molecule has 0 aliphatic carbocycles. The first kappa shape index (κ1) is 20.0. The van der Waals surface area contributed by atoms with Crippen LogP contribution in [0, 0.1) is 20.8 Å². The van der Waals surface area contributed by atoms with E-state index in [0.717, 1.165) is 43.3 Å². The molecule has 7 heteroatoms. The average molecular weight is 391 g/mol. The van der Waals surface area contributed by atoms with Crippen molar-refractivity contribution >= 4 is 17.2 Å². The van der Waals surface area contributed by atoms with E-state index in [1.165, 1.54) is 9.75 Å². The molecule has 2 aromatic rings. The minimum Gasteiger partial charge on any atom is -0.379 e. The van der Waals surface area contributed by atoms with Crippen LogP contribution in [0.3, 0.4) is 0 Å². The van der Waals surface area contributed by atoms with Crippen molar-refractivity contribution in [3.05, 3.63) is 38.8 Å². The number of ether oxygens (including phenoxy) is 1. The number of hydrogen-bond donors (Lipinski definition) is 1. The van der Waals surface area contributed by atoms with Gasteiger partial charge in [0.05, 0.1) is 30.9 Å². The Morgan fingerprint density at radius 2 is 2.00 bits per heavy atom. The van der Waals surface area contributed by atoms with Gasteiger partial charge in [0, 0.05) is 47.7 Å². The number of aromatic nitrogens is 2. The van der Waals surface area contributed by atoms with Gasteiger partial charge in [-0.2, -0.15) is 5.10 Å². The van der Waals surface area contributed by atoms with Gasteiger partial charge in [0.15, 0.2) is 0 Å². The van der Waals surface area contributed by atoms with Crippen LogP contribution in [-0.4, -0.2) is 53.4 Å². The number of nitrogens with zero attached hydrogens (tertiary/aromatic N) is 3. The highest BCUT2D eigenvalue weighted by Crippen LogP contribution is 2.28. The third-order valence-corrected chi connectivity index (χ3v) is 6.54. The van der Waals surface area contributed by atoms with E-state index in [4.69, 9.17) is 4.74 Å². The topological polar surface area (TPSA) is 59.4 Å². The molecule has 2 atom stereocenters. The van der Waals surface area contributed by atoms with Gasteiger partial charge in [-0.1, -0.05) is 0 Å². The maximum atomic E-state index is 12.9. The fraction of sp³-hybridized carbons (Fsp3) is 0.600. The Bertz CT molecular complexity index is 792. The highest BCUT2D eigenvalue weighted by molar-refractivity contribution is 7.12. The molecule has 0 bridgehead atoms. The molecular weight excluding hydrogens is 360 g/mol. The van der Waals surface area contributed by atoms with Crippen LogP contribution in [0.15, 0.2) is 12.1 Å². The maximum Gasteiger partial charge on any atom is 0.227 e. The summed E-state index contributed by atoms with van der Waals surface area (Å²) < 4.78 is 7.35. The quantitative estimate of drug-likeness (QED) is 0.824. The van der Waals surface area contributed by atoms with Gasteiger partial charge < -0.3 is 10.1 Å². The highest BCUT2D eigenvalue weighted by Gasteiger charge is 2.27. The zero-order chi connectivity index (χ0) is 19.6. The van der Waals surface area contributed by atoms with Crippen molar-refractivity contribution < 1.29 is 9.53 Å². The number of carbonyl (C=O) groups excluding carboxylic acids is 1. The molecule has 0 radical (unpaired) electrons. The van der Waals surface area contributed by atoms with Crippen LogP contribution in [-0.2, 0) is 16.6 Å². The number of thiophene rings is 1. The molecule has 1 amide bonds. The summed E-state index contributed by atoms with van der Waals surface area (Å²) in [6.07, 6.45) is 0. The summed E-state index contributed by atoms with van der Waals surface area (Å²) >= 11 is 1.81. The first-order valence-electron chi connectivity index (χ1n) is 9.54. The lowest BCUT2D eigenvalue weighted by Crippen LogP contribution is -2.44. The van der Waals surface area contributed by atoms with E-state index in [-0.39, 0.29) is 17.9 Å². The summed E-state index contributed by atoms with van der Waals surface area (Å²) in [5.74, 6) is -0.158. The van der Waals surface area contributed by atoms with Crippen LogP contribution >= 0.6 is 11.3 Å². The third-order valence-electron chi connectivity index (χ3n) is 5.44. The van der Waals surface area contributed by atoms with Gasteiger partial charge >= 0.3 is 0 Å². The molecule has 0 spiro atoms. The molecule has 1 N–H and O–H groups in total. The number of nitrogens with one attached hydrogen (secondary N) is 1. The molecule has 1 saturated heterocycles. The molecule has 6 nitrogen and oxygen atoms in total. The van der Waals surface area contributed by atoms with Crippen molar-refractivity contribution in [1.82, 2.24) is 20.0 Å². The standard InChI is InChI=1S/C20H30N4O2S/c1-13-6-7-18(27-13)17(24-8-10-26-11-9-24)12-21-20(25)14(2)19-15(3)22-23(5)16(19)4/h6-7,14,17H,8-12H2,1-5H3,(H,21,25)/t14-,17+/m1/s1. The van der Waals surface area contributed by atoms with Gasteiger partial charge in [-0.15, -0.1) is 11.3 Å². The first-order chi connectivity index (χ1) is 12.9. The zero-order valence-electron chi connectivity index (χ0n) is 16.9. The highest BCUT2D eigenvalue weighted by atomic mass is 32.1. The number of amides is 1. The van der Waals surface area contributed by atoms with E-state index >= 15 is 0 Å². The number of hydrogen-bond acceptors (Lipinski definition) is 5.